The summed E-state index contributed by atoms with van der Waals surface area (Å²) in [6, 6.07) is 12.6. The van der Waals surface area contributed by atoms with Crippen LogP contribution in [0.1, 0.15) is 41.7 Å². The van der Waals surface area contributed by atoms with Crippen LogP contribution in [-0.4, -0.2) is 11.8 Å². The molecule has 1 aliphatic rings. The van der Waals surface area contributed by atoms with Gasteiger partial charge in [0.25, 0.3) is 5.91 Å². The van der Waals surface area contributed by atoms with E-state index < -0.39 is 0 Å². The third-order valence-corrected chi connectivity index (χ3v) is 5.70. The maximum Gasteiger partial charge on any atom is 0.251 e. The van der Waals surface area contributed by atoms with Gasteiger partial charge in [-0.05, 0) is 78.3 Å². The van der Waals surface area contributed by atoms with Crippen LogP contribution in [0.2, 0.25) is 5.02 Å². The lowest BCUT2D eigenvalue weighted by Crippen LogP contribution is -2.26. The summed E-state index contributed by atoms with van der Waals surface area (Å²) in [6.07, 6.45) is 1.97. The zero-order valence-corrected chi connectivity index (χ0v) is 16.6. The van der Waals surface area contributed by atoms with Gasteiger partial charge in [-0.3, -0.25) is 9.59 Å². The van der Waals surface area contributed by atoms with Crippen molar-refractivity contribution in [3.8, 4) is 0 Å². The summed E-state index contributed by atoms with van der Waals surface area (Å²) < 4.78 is 0.843. The highest BCUT2D eigenvalue weighted by Gasteiger charge is 2.29. The van der Waals surface area contributed by atoms with Gasteiger partial charge in [-0.25, -0.2) is 0 Å². The first-order valence-electron chi connectivity index (χ1n) is 8.11. The smallest absolute Gasteiger partial charge is 0.251 e. The Hall–Kier alpha value is -1.60. The van der Waals surface area contributed by atoms with Gasteiger partial charge in [-0.2, -0.15) is 0 Å². The minimum absolute atomic E-state index is 0.0893. The summed E-state index contributed by atoms with van der Waals surface area (Å²) in [6.45, 7) is 1.93. The average Bonchev–Trinajstić information content (AvgIpc) is 3.43. The molecule has 0 radical (unpaired) electrons. The summed E-state index contributed by atoms with van der Waals surface area (Å²) in [4.78, 5) is 24.1. The van der Waals surface area contributed by atoms with Gasteiger partial charge in [0, 0.05) is 20.7 Å². The Labute approximate surface area is 165 Å². The molecule has 0 aromatic heterocycles. The van der Waals surface area contributed by atoms with Crippen molar-refractivity contribution >= 4 is 51.7 Å². The van der Waals surface area contributed by atoms with Crippen molar-refractivity contribution < 1.29 is 9.59 Å². The Morgan fingerprint density at radius 2 is 1.84 bits per heavy atom. The summed E-state index contributed by atoms with van der Waals surface area (Å²) in [5.41, 5.74) is 2.34. The molecule has 4 nitrogen and oxygen atoms in total. The van der Waals surface area contributed by atoms with Gasteiger partial charge in [0.15, 0.2) is 0 Å². The van der Waals surface area contributed by atoms with Crippen LogP contribution < -0.4 is 10.6 Å². The number of hydrogen-bond acceptors (Lipinski definition) is 2. The minimum Gasteiger partial charge on any atom is -0.346 e. The molecule has 130 valence electrons. The van der Waals surface area contributed by atoms with E-state index in [0.29, 0.717) is 10.6 Å². The van der Waals surface area contributed by atoms with Crippen LogP contribution in [0, 0.1) is 9.49 Å². The molecule has 0 spiro atoms. The number of amides is 2. The number of carbonyl (C=O) groups is 2. The summed E-state index contributed by atoms with van der Waals surface area (Å²) >= 11 is 8.10. The van der Waals surface area contributed by atoms with E-state index in [-0.39, 0.29) is 23.8 Å². The van der Waals surface area contributed by atoms with E-state index in [9.17, 15) is 9.59 Å². The summed E-state index contributed by atoms with van der Waals surface area (Å²) in [5, 5.41) is 6.52. The molecule has 0 heterocycles. The fourth-order valence-electron chi connectivity index (χ4n) is 2.45. The lowest BCUT2D eigenvalue weighted by atomic mass is 10.1. The minimum atomic E-state index is -0.145. The predicted molar refractivity (Wildman–Crippen MR) is 108 cm³/mol. The number of halogens is 2. The monoisotopic (exact) mass is 468 g/mol. The maximum atomic E-state index is 12.4. The van der Waals surface area contributed by atoms with Gasteiger partial charge in [0.1, 0.15) is 0 Å². The zero-order chi connectivity index (χ0) is 18.0. The molecule has 1 saturated carbocycles. The lowest BCUT2D eigenvalue weighted by Gasteiger charge is -2.15. The van der Waals surface area contributed by atoms with Crippen LogP contribution in [0.25, 0.3) is 0 Å². The van der Waals surface area contributed by atoms with Gasteiger partial charge in [-0.1, -0.05) is 23.7 Å². The molecule has 2 amide bonds. The number of carbonyl (C=O) groups excluding carboxylic acids is 2. The number of hydrogen-bond donors (Lipinski definition) is 2. The molecule has 1 fully saturated rings. The molecule has 1 atom stereocenters. The Kier molecular flexibility index (Phi) is 5.64. The number of anilines is 1. The fourth-order valence-corrected chi connectivity index (χ4v) is 3.08. The standard InChI is InChI=1S/C19H18ClIN2O2/c1-11(22-19(25)14-6-9-16(20)17(21)10-14)12-4-7-15(8-5-12)23-18(24)13-2-3-13/h4-11,13H,2-3H2,1H3,(H,22,25)(H,23,24). The van der Waals surface area contributed by atoms with E-state index in [1.54, 1.807) is 18.2 Å². The molecule has 2 aromatic carbocycles. The van der Waals surface area contributed by atoms with Crippen LogP contribution >= 0.6 is 34.2 Å². The second kappa shape index (κ2) is 7.74. The average molecular weight is 469 g/mol. The third kappa shape index (κ3) is 4.73. The first-order valence-corrected chi connectivity index (χ1v) is 9.56. The SMILES string of the molecule is CC(NC(=O)c1ccc(Cl)c(I)c1)c1ccc(NC(=O)C2CC2)cc1. The summed E-state index contributed by atoms with van der Waals surface area (Å²) in [7, 11) is 0. The van der Waals surface area contributed by atoms with E-state index >= 15 is 0 Å². The van der Waals surface area contributed by atoms with E-state index in [0.717, 1.165) is 27.7 Å². The molecule has 3 rings (SSSR count). The highest BCUT2D eigenvalue weighted by molar-refractivity contribution is 14.1. The highest BCUT2D eigenvalue weighted by Crippen LogP contribution is 2.30. The topological polar surface area (TPSA) is 58.2 Å². The predicted octanol–water partition coefficient (Wildman–Crippen LogP) is 4.78. The number of nitrogens with one attached hydrogen (secondary N) is 2. The van der Waals surface area contributed by atoms with E-state index in [2.05, 4.69) is 33.2 Å². The van der Waals surface area contributed by atoms with Crippen LogP contribution in [0.15, 0.2) is 42.5 Å². The molecule has 1 unspecified atom stereocenters. The molecule has 0 aliphatic heterocycles. The Morgan fingerprint density at radius 1 is 1.16 bits per heavy atom. The lowest BCUT2D eigenvalue weighted by molar-refractivity contribution is -0.117. The van der Waals surface area contributed by atoms with Crippen molar-refractivity contribution in [1.29, 1.82) is 0 Å². The van der Waals surface area contributed by atoms with Crippen LogP contribution in [0.4, 0.5) is 5.69 Å². The van der Waals surface area contributed by atoms with Gasteiger partial charge in [0.05, 0.1) is 11.1 Å². The zero-order valence-electron chi connectivity index (χ0n) is 13.7. The highest BCUT2D eigenvalue weighted by atomic mass is 127. The molecule has 1 aliphatic carbocycles. The quantitative estimate of drug-likeness (QED) is 0.620. The molecule has 25 heavy (non-hydrogen) atoms. The second-order valence-electron chi connectivity index (χ2n) is 6.21. The molecule has 0 bridgehead atoms. The van der Waals surface area contributed by atoms with Gasteiger partial charge in [-0.15, -0.1) is 0 Å². The molecular weight excluding hydrogens is 451 g/mol. The van der Waals surface area contributed by atoms with E-state index in [1.807, 2.05) is 31.2 Å². The third-order valence-electron chi connectivity index (χ3n) is 4.16. The Bertz CT molecular complexity index is 804. The Balaban J connectivity index is 1.61. The van der Waals surface area contributed by atoms with E-state index in [4.69, 9.17) is 11.6 Å². The van der Waals surface area contributed by atoms with Crippen molar-refractivity contribution in [2.75, 3.05) is 5.32 Å². The van der Waals surface area contributed by atoms with Crippen molar-refractivity contribution in [2.24, 2.45) is 5.92 Å². The van der Waals surface area contributed by atoms with Crippen molar-refractivity contribution in [2.45, 2.75) is 25.8 Å². The molecule has 2 aromatic rings. The van der Waals surface area contributed by atoms with Gasteiger partial charge in [0.2, 0.25) is 5.91 Å². The fraction of sp³-hybridized carbons (Fsp3) is 0.263. The van der Waals surface area contributed by atoms with Gasteiger partial charge >= 0.3 is 0 Å². The maximum absolute atomic E-state index is 12.4. The first-order chi connectivity index (χ1) is 11.9. The number of rotatable bonds is 5. The normalized spacial score (nSPS) is 14.7. The molecule has 2 N–H and O–H groups in total. The first kappa shape index (κ1) is 18.2. The van der Waals surface area contributed by atoms with Crippen LogP contribution in [0.5, 0.6) is 0 Å². The van der Waals surface area contributed by atoms with Crippen LogP contribution in [-0.2, 0) is 4.79 Å². The van der Waals surface area contributed by atoms with Crippen molar-refractivity contribution in [3.05, 3.63) is 62.2 Å². The molecule has 6 heteroatoms. The Morgan fingerprint density at radius 3 is 2.44 bits per heavy atom. The van der Waals surface area contributed by atoms with Crippen molar-refractivity contribution in [3.63, 3.8) is 0 Å². The van der Waals surface area contributed by atoms with Crippen LogP contribution in [0.3, 0.4) is 0 Å². The molecular formula is C19H18ClIN2O2. The second-order valence-corrected chi connectivity index (χ2v) is 7.78. The van der Waals surface area contributed by atoms with Crippen molar-refractivity contribution in [1.82, 2.24) is 5.32 Å². The molecule has 0 saturated heterocycles. The largest absolute Gasteiger partial charge is 0.346 e. The number of benzene rings is 2. The van der Waals surface area contributed by atoms with E-state index in [1.165, 1.54) is 0 Å². The summed E-state index contributed by atoms with van der Waals surface area (Å²) in [5.74, 6) is 0.125. The van der Waals surface area contributed by atoms with Gasteiger partial charge < -0.3 is 10.6 Å².